The van der Waals surface area contributed by atoms with Crippen molar-refractivity contribution in [2.45, 2.75) is 32.1 Å². The molecule has 0 spiro atoms. The molecule has 0 saturated carbocycles. The van der Waals surface area contributed by atoms with Crippen LogP contribution in [0, 0.1) is 0 Å². The van der Waals surface area contributed by atoms with Crippen LogP contribution in [0.5, 0.6) is 0 Å². The predicted octanol–water partition coefficient (Wildman–Crippen LogP) is 0.860. The minimum absolute atomic E-state index is 0.0150. The Morgan fingerprint density at radius 3 is 2.62 bits per heavy atom. The Morgan fingerprint density at radius 2 is 2.19 bits per heavy atom. The van der Waals surface area contributed by atoms with E-state index in [1.165, 1.54) is 0 Å². The molecule has 5 nitrogen and oxygen atoms in total. The van der Waals surface area contributed by atoms with Crippen LogP contribution < -0.4 is 5.73 Å². The summed E-state index contributed by atoms with van der Waals surface area (Å²) in [6.45, 7) is 4.45. The molecule has 2 N–H and O–H groups in total. The summed E-state index contributed by atoms with van der Waals surface area (Å²) in [5.41, 5.74) is 6.92. The fourth-order valence-electron chi connectivity index (χ4n) is 1.62. The number of rotatable bonds is 6. The van der Waals surface area contributed by atoms with Crippen molar-refractivity contribution in [1.29, 1.82) is 0 Å². The number of nitrogens with two attached hydrogens (primary N) is 1. The van der Waals surface area contributed by atoms with E-state index in [0.29, 0.717) is 6.61 Å². The zero-order chi connectivity index (χ0) is 12.1. The van der Waals surface area contributed by atoms with E-state index in [0.717, 1.165) is 5.56 Å². The van der Waals surface area contributed by atoms with Gasteiger partial charge in [0.1, 0.15) is 6.10 Å². The van der Waals surface area contributed by atoms with Gasteiger partial charge >= 0.3 is 0 Å². The van der Waals surface area contributed by atoms with Crippen molar-refractivity contribution in [1.82, 2.24) is 9.78 Å². The highest BCUT2D eigenvalue weighted by atomic mass is 16.5. The Kier molecular flexibility index (Phi) is 4.92. The smallest absolute Gasteiger partial charge is 0.101 e. The summed E-state index contributed by atoms with van der Waals surface area (Å²) in [4.78, 5) is 0. The van der Waals surface area contributed by atoms with E-state index in [1.54, 1.807) is 18.0 Å². The molecule has 3 unspecified atom stereocenters. The first-order chi connectivity index (χ1) is 7.54. The van der Waals surface area contributed by atoms with E-state index >= 15 is 0 Å². The van der Waals surface area contributed by atoms with Crippen LogP contribution in [0.25, 0.3) is 0 Å². The Hall–Kier alpha value is -0.910. The quantitative estimate of drug-likeness (QED) is 0.783. The number of hydrogen-bond donors (Lipinski definition) is 1. The Morgan fingerprint density at radius 1 is 1.50 bits per heavy atom. The molecule has 92 valence electrons. The average molecular weight is 227 g/mol. The molecule has 1 aromatic rings. The van der Waals surface area contributed by atoms with Crippen LogP contribution in [0.2, 0.25) is 0 Å². The largest absolute Gasteiger partial charge is 0.382 e. The Balaban J connectivity index is 2.68. The zero-order valence-corrected chi connectivity index (χ0v) is 10.4. The van der Waals surface area contributed by atoms with Crippen LogP contribution in [0.1, 0.15) is 25.5 Å². The van der Waals surface area contributed by atoms with Crippen molar-refractivity contribution in [2.75, 3.05) is 13.7 Å². The van der Waals surface area contributed by atoms with Crippen molar-refractivity contribution < 1.29 is 9.47 Å². The summed E-state index contributed by atoms with van der Waals surface area (Å²) in [5, 5.41) is 4.12. The number of hydrogen-bond acceptors (Lipinski definition) is 4. The molecule has 0 aliphatic heterocycles. The predicted molar refractivity (Wildman–Crippen MR) is 62.0 cm³/mol. The topological polar surface area (TPSA) is 62.3 Å². The molecule has 0 radical (unpaired) electrons. The van der Waals surface area contributed by atoms with Gasteiger partial charge in [-0.1, -0.05) is 0 Å². The van der Waals surface area contributed by atoms with Gasteiger partial charge in [-0.3, -0.25) is 4.68 Å². The van der Waals surface area contributed by atoms with Crippen LogP contribution >= 0.6 is 0 Å². The van der Waals surface area contributed by atoms with Crippen LogP contribution in [0.3, 0.4) is 0 Å². The number of nitrogens with zero attached hydrogens (tertiary/aromatic N) is 2. The van der Waals surface area contributed by atoms with E-state index in [9.17, 15) is 0 Å². The third-order valence-corrected chi connectivity index (χ3v) is 2.31. The van der Waals surface area contributed by atoms with Gasteiger partial charge in [0.05, 0.1) is 18.9 Å². The van der Waals surface area contributed by atoms with E-state index in [1.807, 2.05) is 27.1 Å². The second-order valence-electron chi connectivity index (χ2n) is 4.13. The summed E-state index contributed by atoms with van der Waals surface area (Å²) in [7, 11) is 3.53. The molecule has 0 amide bonds. The van der Waals surface area contributed by atoms with Gasteiger partial charge in [0.25, 0.3) is 0 Å². The molecule has 1 aromatic heterocycles. The standard InChI is InChI=1S/C11H21N3O2/c1-8(7-15-4)16-11(9(2)12)10-5-13-14(3)6-10/h5-6,8-9,11H,7,12H2,1-4H3. The van der Waals surface area contributed by atoms with E-state index in [4.69, 9.17) is 15.2 Å². The molecule has 0 aliphatic rings. The second-order valence-corrected chi connectivity index (χ2v) is 4.13. The van der Waals surface area contributed by atoms with Crippen molar-refractivity contribution in [3.05, 3.63) is 18.0 Å². The minimum Gasteiger partial charge on any atom is -0.382 e. The highest BCUT2D eigenvalue weighted by Crippen LogP contribution is 2.21. The normalized spacial score (nSPS) is 17.1. The average Bonchev–Trinajstić information content (AvgIpc) is 2.61. The lowest BCUT2D eigenvalue weighted by Gasteiger charge is -2.24. The third-order valence-electron chi connectivity index (χ3n) is 2.31. The van der Waals surface area contributed by atoms with Crippen LogP contribution in [-0.2, 0) is 16.5 Å². The van der Waals surface area contributed by atoms with Gasteiger partial charge in [0.15, 0.2) is 0 Å². The molecule has 16 heavy (non-hydrogen) atoms. The van der Waals surface area contributed by atoms with E-state index in [2.05, 4.69) is 5.10 Å². The summed E-state index contributed by atoms with van der Waals surface area (Å²) >= 11 is 0. The molecule has 0 fully saturated rings. The first-order valence-electron chi connectivity index (χ1n) is 5.43. The molecule has 1 heterocycles. The third kappa shape index (κ3) is 3.59. The fourth-order valence-corrected chi connectivity index (χ4v) is 1.62. The maximum atomic E-state index is 5.92. The van der Waals surface area contributed by atoms with Gasteiger partial charge < -0.3 is 15.2 Å². The van der Waals surface area contributed by atoms with Gasteiger partial charge in [-0.2, -0.15) is 5.10 Å². The Bertz CT molecular complexity index is 312. The second kappa shape index (κ2) is 5.98. The molecule has 5 heteroatoms. The molecule has 1 rings (SSSR count). The first kappa shape index (κ1) is 13.2. The minimum atomic E-state index is -0.140. The Labute approximate surface area is 96.5 Å². The summed E-state index contributed by atoms with van der Waals surface area (Å²) < 4.78 is 12.6. The highest BCUT2D eigenvalue weighted by Gasteiger charge is 2.21. The van der Waals surface area contributed by atoms with Gasteiger partial charge in [-0.05, 0) is 13.8 Å². The fraction of sp³-hybridized carbons (Fsp3) is 0.727. The van der Waals surface area contributed by atoms with Crippen molar-refractivity contribution in [3.63, 3.8) is 0 Å². The number of aromatic nitrogens is 2. The van der Waals surface area contributed by atoms with Gasteiger partial charge in [-0.25, -0.2) is 0 Å². The highest BCUT2D eigenvalue weighted by molar-refractivity contribution is 5.10. The molecule has 0 bridgehead atoms. The van der Waals surface area contributed by atoms with Crippen LogP contribution in [-0.4, -0.2) is 35.6 Å². The molecule has 0 aromatic carbocycles. The molecular formula is C11H21N3O2. The maximum Gasteiger partial charge on any atom is 0.101 e. The lowest BCUT2D eigenvalue weighted by Crippen LogP contribution is -2.30. The molecule has 0 saturated heterocycles. The van der Waals surface area contributed by atoms with Gasteiger partial charge in [-0.15, -0.1) is 0 Å². The summed E-state index contributed by atoms with van der Waals surface area (Å²) in [6, 6.07) is -0.0801. The lowest BCUT2D eigenvalue weighted by atomic mass is 10.1. The van der Waals surface area contributed by atoms with Crippen LogP contribution in [0.15, 0.2) is 12.4 Å². The molecule has 3 atom stereocenters. The first-order valence-corrected chi connectivity index (χ1v) is 5.43. The summed E-state index contributed by atoms with van der Waals surface area (Å²) in [5.74, 6) is 0. The maximum absolute atomic E-state index is 5.92. The molecular weight excluding hydrogens is 206 g/mol. The van der Waals surface area contributed by atoms with Crippen molar-refractivity contribution >= 4 is 0 Å². The number of ether oxygens (including phenoxy) is 2. The number of methoxy groups -OCH3 is 1. The van der Waals surface area contributed by atoms with Gasteiger partial charge in [0, 0.05) is 32.0 Å². The monoisotopic (exact) mass is 227 g/mol. The lowest BCUT2D eigenvalue weighted by molar-refractivity contribution is -0.0481. The number of aryl methyl sites for hydroxylation is 1. The zero-order valence-electron chi connectivity index (χ0n) is 10.4. The molecule has 0 aliphatic carbocycles. The van der Waals surface area contributed by atoms with Gasteiger partial charge in [0.2, 0.25) is 0 Å². The summed E-state index contributed by atoms with van der Waals surface area (Å²) in [6.07, 6.45) is 3.58. The SMILES string of the molecule is COCC(C)OC(c1cnn(C)c1)C(C)N. The van der Waals surface area contributed by atoms with Crippen molar-refractivity contribution in [2.24, 2.45) is 12.8 Å². The van der Waals surface area contributed by atoms with Crippen LogP contribution in [0.4, 0.5) is 0 Å². The van der Waals surface area contributed by atoms with E-state index < -0.39 is 0 Å². The van der Waals surface area contributed by atoms with E-state index in [-0.39, 0.29) is 18.2 Å². The van der Waals surface area contributed by atoms with Crippen molar-refractivity contribution in [3.8, 4) is 0 Å².